The monoisotopic (exact) mass is 1290 g/mol. The summed E-state index contributed by atoms with van der Waals surface area (Å²) in [5.74, 6) is 4.39. The Morgan fingerprint density at radius 1 is 0.773 bits per heavy atom. The fourth-order valence-electron chi connectivity index (χ4n) is 7.24. The summed E-state index contributed by atoms with van der Waals surface area (Å²) in [4.78, 5) is 57.5. The van der Waals surface area contributed by atoms with Gasteiger partial charge in [0.05, 0.1) is 13.2 Å². The van der Waals surface area contributed by atoms with Crippen LogP contribution in [0.5, 0.6) is 5.88 Å². The van der Waals surface area contributed by atoms with Crippen LogP contribution in [0.25, 0.3) is 0 Å². The molecule has 2 aliphatic heterocycles. The number of ether oxygens (including phenoxy) is 7. The van der Waals surface area contributed by atoms with E-state index in [0.717, 1.165) is 22.2 Å². The van der Waals surface area contributed by atoms with Crippen LogP contribution >= 0.6 is 59.1 Å². The molecule has 0 bridgehead atoms. The minimum absolute atomic E-state index is 0.130. The molecule has 2 aromatic carbocycles. The molecule has 2 fully saturated rings. The first-order valence-corrected chi connectivity index (χ1v) is 46.7. The maximum atomic E-state index is 11.8. The Labute approximate surface area is 469 Å². The zero-order valence-corrected chi connectivity index (χ0v) is 53.1. The minimum atomic E-state index is -3.29. The first kappa shape index (κ1) is 65.8. The van der Waals surface area contributed by atoms with Crippen molar-refractivity contribution >= 4 is 106 Å². The maximum absolute atomic E-state index is 11.8. The van der Waals surface area contributed by atoms with E-state index in [1.165, 1.54) is 37.6 Å². The average Bonchev–Trinajstić information content (AvgIpc) is 3.76. The van der Waals surface area contributed by atoms with Gasteiger partial charge in [-0.25, -0.2) is 4.98 Å². The Bertz CT molecular complexity index is 2670. The van der Waals surface area contributed by atoms with Gasteiger partial charge in [0.15, 0.2) is 39.6 Å². The van der Waals surface area contributed by atoms with E-state index >= 15 is 0 Å². The van der Waals surface area contributed by atoms with Crippen molar-refractivity contribution in [2.45, 2.75) is 153 Å². The summed E-state index contributed by atoms with van der Waals surface area (Å²) in [6.07, 6.45) is 10.4. The summed E-state index contributed by atoms with van der Waals surface area (Å²) in [6.45, 7) is 21.4. The molecule has 4 aromatic rings. The van der Waals surface area contributed by atoms with Crippen molar-refractivity contribution < 1.29 is 52.0 Å². The predicted octanol–water partition coefficient (Wildman–Crippen LogP) is 10.9. The van der Waals surface area contributed by atoms with Gasteiger partial charge >= 0.3 is 67.5 Å². The van der Waals surface area contributed by atoms with Crippen molar-refractivity contribution in [3.05, 3.63) is 111 Å². The number of esters is 3. The number of terminal acetylenes is 2. The molecule has 2 saturated heterocycles. The van der Waals surface area contributed by atoms with Crippen LogP contribution < -0.4 is 9.99 Å². The van der Waals surface area contributed by atoms with Crippen LogP contribution in [0.2, 0.25) is 39.3 Å². The van der Waals surface area contributed by atoms with E-state index in [2.05, 4.69) is 66.1 Å². The van der Waals surface area contributed by atoms with E-state index in [9.17, 15) is 19.2 Å². The van der Waals surface area contributed by atoms with E-state index in [4.69, 9.17) is 98.3 Å². The molecule has 25 heteroatoms. The number of rotatable bonds is 16. The second-order valence-corrected chi connectivity index (χ2v) is 57.9. The van der Waals surface area contributed by atoms with Crippen molar-refractivity contribution in [3.63, 3.8) is 0 Å². The summed E-state index contributed by atoms with van der Waals surface area (Å²) in [5.41, 5.74) is -0.759. The van der Waals surface area contributed by atoms with E-state index in [0.29, 0.717) is 12.8 Å². The third kappa shape index (κ3) is 22.4. The molecular weight excluding hydrogens is 1230 g/mol. The molecule has 6 rings (SSSR count). The van der Waals surface area contributed by atoms with Crippen molar-refractivity contribution in [1.29, 1.82) is 0 Å². The molecule has 0 aliphatic carbocycles. The molecule has 408 valence electrons. The number of H-pyrrole nitrogens is 1. The molecule has 3 unspecified atom stereocenters. The molecule has 0 radical (unpaired) electrons. The molecule has 0 saturated carbocycles. The van der Waals surface area contributed by atoms with Crippen molar-refractivity contribution in [2.75, 3.05) is 0 Å². The first-order chi connectivity index (χ1) is 35.0. The fraction of sp³-hybridized carbons (Fsp3) is 0.460. The molecule has 1 N–H and O–H groups in total. The van der Waals surface area contributed by atoms with Gasteiger partial charge in [-0.3, -0.25) is 28.7 Å². The number of carbonyl (C=O) groups is 3. The summed E-state index contributed by atoms with van der Waals surface area (Å²) in [7, 11) is 17.3. The van der Waals surface area contributed by atoms with Gasteiger partial charge < -0.3 is 37.6 Å². The quantitative estimate of drug-likeness (QED) is 0.0278. The van der Waals surface area contributed by atoms with Gasteiger partial charge in [0.2, 0.25) is 20.5 Å². The van der Waals surface area contributed by atoms with E-state index in [1.807, 2.05) is 80.6 Å². The summed E-state index contributed by atoms with van der Waals surface area (Å²) in [6, 6.07) is 22.2. The molecule has 8 atom stereocenters. The van der Waals surface area contributed by atoms with Gasteiger partial charge in [0.1, 0.15) is 19.4 Å². The standard InChI is InChI=1S/C21H22N2O5S.C19H22O6.C10H20N2OSSi2.4ClH.Sn/c1-4-21(5-2)18(26-13-15-9-7-6-8-10-15)17(27-14(3)24)19(28-21)23-12-11-16(25)22-20(23)29;1-5-19(6-2)17(22-12-15-10-8-7-9-11-15)16(23-13(3)20)18(25-19)24-14(4)21;1-15(2,3)13-9-7-8-11-10(12-9)14-16(4,5)6;;;;;/h1,6-12,17-19H,5,13H2,2-3H3,(H,22,25,29);1,7-11,16-18H,6,12H2,2-4H3;7-8H,1-6H3;4*1H;/q;;;;;;;+4/p-4/t17?,18-,19-,21-;16?,17-,18?,19-;;;;;;/m11....../s1. The van der Waals surface area contributed by atoms with Crippen molar-refractivity contribution in [2.24, 2.45) is 0 Å². The third-order valence-electron chi connectivity index (χ3n) is 10.2. The van der Waals surface area contributed by atoms with Gasteiger partial charge in [-0.05, 0) is 55.8 Å². The van der Waals surface area contributed by atoms with Crippen LogP contribution in [0, 0.1) is 29.5 Å². The number of aromatic amines is 1. The predicted molar refractivity (Wildman–Crippen MR) is 302 cm³/mol. The second-order valence-electron chi connectivity index (χ2n) is 18.5. The third-order valence-corrected chi connectivity index (χ3v) is 14.7. The average molecular weight is 1290 g/mol. The molecule has 16 nitrogen and oxygen atoms in total. The molecule has 2 aliphatic rings. The van der Waals surface area contributed by atoms with Gasteiger partial charge in [0, 0.05) is 45.3 Å². The number of benzene rings is 2. The Balaban J connectivity index is 0.000000293. The zero-order valence-electron chi connectivity index (χ0n) is 43.6. The van der Waals surface area contributed by atoms with E-state index in [1.54, 1.807) is 17.4 Å². The number of nitrogens with one attached hydrogen (secondary N) is 1. The van der Waals surface area contributed by atoms with Crippen LogP contribution in [0.4, 0.5) is 0 Å². The van der Waals surface area contributed by atoms with E-state index < -0.39 is 95.5 Å². The fourth-order valence-corrected chi connectivity index (χ4v) is 11.0. The topological polar surface area (TPSA) is 189 Å². The molecule has 2 aromatic heterocycles. The van der Waals surface area contributed by atoms with Crippen molar-refractivity contribution in [3.8, 4) is 30.6 Å². The summed E-state index contributed by atoms with van der Waals surface area (Å²) >= 11 is 3.77. The molecular formula is C50H64Cl4N4O12S2Si2Sn. The van der Waals surface area contributed by atoms with Gasteiger partial charge in [-0.1, -0.05) is 106 Å². The van der Waals surface area contributed by atoms with Crippen LogP contribution in [0.15, 0.2) is 95.1 Å². The summed E-state index contributed by atoms with van der Waals surface area (Å²) < 4.78 is 47.7. The number of carbonyl (C=O) groups excluding carboxylic acids is 3. The molecule has 0 amide bonds. The zero-order chi connectivity index (χ0) is 56.4. The Morgan fingerprint density at radius 3 is 1.67 bits per heavy atom. The van der Waals surface area contributed by atoms with Crippen LogP contribution in [-0.4, -0.2) is 109 Å². The Hall–Kier alpha value is -3.47. The molecule has 4 heterocycles. The first-order valence-electron chi connectivity index (χ1n) is 23.4. The number of halogens is 4. The number of aromatic nitrogens is 4. The number of hydrogen-bond donors (Lipinski definition) is 1. The molecule has 0 spiro atoms. The van der Waals surface area contributed by atoms with Gasteiger partial charge in [0.25, 0.3) is 5.56 Å². The van der Waals surface area contributed by atoms with Gasteiger partial charge in [-0.15, -0.1) is 24.1 Å². The van der Waals surface area contributed by atoms with Crippen LogP contribution in [0.1, 0.15) is 64.8 Å². The SMILES string of the molecule is C#C[C@]1(CC)OC(OC(C)=O)C(OC(C)=O)[C@H]1OCc1ccccc1.C#C[C@]1(CC)O[C@@H](n2ccc(=O)[nH]c2=S)C(OC(C)=O)[C@H]1OCc1ccccc1.C[Si](C)(C)Oc1ccnc(S[Si](C)(C)C)n1.[Cl][Sn]([Cl])([Cl])[Cl]. The van der Waals surface area contributed by atoms with Crippen LogP contribution in [-0.2, 0) is 60.8 Å². The van der Waals surface area contributed by atoms with E-state index in [-0.39, 0.29) is 23.5 Å². The van der Waals surface area contributed by atoms with Gasteiger partial charge in [-0.2, -0.15) is 4.98 Å². The summed E-state index contributed by atoms with van der Waals surface area (Å²) in [5, 5.41) is 0.843. The number of nitrogens with zero attached hydrogens (tertiary/aromatic N) is 3. The second kappa shape index (κ2) is 30.0. The number of hydrogen-bond acceptors (Lipinski definition) is 16. The van der Waals surface area contributed by atoms with Crippen LogP contribution in [0.3, 0.4) is 0 Å². The Morgan fingerprint density at radius 2 is 1.24 bits per heavy atom. The normalized spacial score (nSPS) is 22.9. The molecule has 75 heavy (non-hydrogen) atoms. The Kier molecular flexibility index (Phi) is 26.4. The van der Waals surface area contributed by atoms with Crippen molar-refractivity contribution in [1.82, 2.24) is 19.5 Å².